The smallest absolute Gasteiger partial charge is 0.220 e. The Kier molecular flexibility index (Phi) is 7.52. The largest absolute Gasteiger partial charge is 0.378 e. The fourth-order valence-electron chi connectivity index (χ4n) is 2.17. The Morgan fingerprint density at radius 1 is 1.35 bits per heavy atom. The van der Waals surface area contributed by atoms with E-state index in [0.717, 1.165) is 45.5 Å². The summed E-state index contributed by atoms with van der Waals surface area (Å²) in [4.78, 5) is 11.8. The van der Waals surface area contributed by atoms with Crippen molar-refractivity contribution in [1.82, 2.24) is 10.6 Å². The minimum absolute atomic E-state index is 0.161. The van der Waals surface area contributed by atoms with Gasteiger partial charge in [-0.1, -0.05) is 27.7 Å². The highest BCUT2D eigenvalue weighted by atomic mass is 16.5. The molecule has 1 unspecified atom stereocenters. The average molecular weight is 284 g/mol. The molecule has 1 saturated heterocycles. The highest BCUT2D eigenvalue weighted by molar-refractivity contribution is 5.76. The second kappa shape index (κ2) is 8.63. The monoisotopic (exact) mass is 284 g/mol. The van der Waals surface area contributed by atoms with E-state index in [2.05, 4.69) is 38.3 Å². The predicted molar refractivity (Wildman–Crippen MR) is 82.7 cm³/mol. The van der Waals surface area contributed by atoms with Crippen LogP contribution < -0.4 is 10.6 Å². The first-order chi connectivity index (χ1) is 9.39. The maximum absolute atomic E-state index is 11.8. The molecule has 1 fully saturated rings. The third-order valence-corrected chi connectivity index (χ3v) is 4.25. The van der Waals surface area contributed by atoms with Crippen molar-refractivity contribution in [2.45, 2.75) is 59.5 Å². The molecule has 0 bridgehead atoms. The quantitative estimate of drug-likeness (QED) is 0.706. The molecule has 0 radical (unpaired) electrons. The van der Waals surface area contributed by atoms with Gasteiger partial charge in [0, 0.05) is 19.6 Å². The van der Waals surface area contributed by atoms with Crippen molar-refractivity contribution >= 4 is 5.91 Å². The van der Waals surface area contributed by atoms with Crippen LogP contribution in [0.1, 0.15) is 53.4 Å². The Labute approximate surface area is 124 Å². The normalized spacial score (nSPS) is 18.8. The van der Waals surface area contributed by atoms with E-state index in [4.69, 9.17) is 4.74 Å². The van der Waals surface area contributed by atoms with Crippen molar-refractivity contribution < 1.29 is 9.53 Å². The fraction of sp³-hybridized carbons (Fsp3) is 0.938. The van der Waals surface area contributed by atoms with Crippen molar-refractivity contribution in [3.8, 4) is 0 Å². The van der Waals surface area contributed by atoms with Crippen LogP contribution in [-0.2, 0) is 9.53 Å². The summed E-state index contributed by atoms with van der Waals surface area (Å²) in [6.07, 6.45) is 4.14. The van der Waals surface area contributed by atoms with Gasteiger partial charge in [0.15, 0.2) is 0 Å². The molecule has 20 heavy (non-hydrogen) atoms. The Hall–Kier alpha value is -0.610. The SMILES string of the molecule is CC(CC(=O)NCCCOC1CCNCC1)C(C)(C)C. The lowest BCUT2D eigenvalue weighted by Gasteiger charge is -2.26. The summed E-state index contributed by atoms with van der Waals surface area (Å²) in [6.45, 7) is 12.3. The minimum atomic E-state index is 0.161. The second-order valence-electron chi connectivity index (χ2n) is 6.99. The van der Waals surface area contributed by atoms with Gasteiger partial charge in [-0.2, -0.15) is 0 Å². The van der Waals surface area contributed by atoms with Crippen LogP contribution in [0, 0.1) is 11.3 Å². The minimum Gasteiger partial charge on any atom is -0.378 e. The lowest BCUT2D eigenvalue weighted by Crippen LogP contribution is -2.33. The van der Waals surface area contributed by atoms with Gasteiger partial charge >= 0.3 is 0 Å². The molecule has 0 aliphatic carbocycles. The Morgan fingerprint density at radius 3 is 2.60 bits per heavy atom. The van der Waals surface area contributed by atoms with Gasteiger partial charge in [-0.25, -0.2) is 0 Å². The molecule has 118 valence electrons. The van der Waals surface area contributed by atoms with Gasteiger partial charge in [0.25, 0.3) is 0 Å². The van der Waals surface area contributed by atoms with Crippen LogP contribution in [0.2, 0.25) is 0 Å². The Balaban J connectivity index is 2.01. The average Bonchev–Trinajstić information content (AvgIpc) is 2.38. The zero-order valence-corrected chi connectivity index (χ0v) is 13.6. The van der Waals surface area contributed by atoms with Crippen LogP contribution in [0.25, 0.3) is 0 Å². The highest BCUT2D eigenvalue weighted by Crippen LogP contribution is 2.27. The number of ether oxygens (including phenoxy) is 1. The molecule has 1 heterocycles. The second-order valence-corrected chi connectivity index (χ2v) is 6.99. The summed E-state index contributed by atoms with van der Waals surface area (Å²) in [5.41, 5.74) is 0.190. The summed E-state index contributed by atoms with van der Waals surface area (Å²) in [5, 5.41) is 6.32. The summed E-state index contributed by atoms with van der Waals surface area (Å²) in [6, 6.07) is 0. The molecule has 0 spiro atoms. The lowest BCUT2D eigenvalue weighted by molar-refractivity contribution is -0.122. The number of carbonyl (C=O) groups is 1. The van der Waals surface area contributed by atoms with Crippen LogP contribution in [0.5, 0.6) is 0 Å². The van der Waals surface area contributed by atoms with Crippen LogP contribution in [0.15, 0.2) is 0 Å². The number of nitrogens with one attached hydrogen (secondary N) is 2. The lowest BCUT2D eigenvalue weighted by atomic mass is 9.80. The number of hydrogen-bond acceptors (Lipinski definition) is 3. The molecule has 1 aliphatic heterocycles. The van der Waals surface area contributed by atoms with Gasteiger partial charge < -0.3 is 15.4 Å². The van der Waals surface area contributed by atoms with Gasteiger partial charge in [0.05, 0.1) is 6.10 Å². The van der Waals surface area contributed by atoms with Gasteiger partial charge in [-0.15, -0.1) is 0 Å². The highest BCUT2D eigenvalue weighted by Gasteiger charge is 2.22. The van der Waals surface area contributed by atoms with Gasteiger partial charge in [-0.05, 0) is 43.7 Å². The third-order valence-electron chi connectivity index (χ3n) is 4.25. The molecule has 4 heteroatoms. The van der Waals surface area contributed by atoms with Crippen molar-refractivity contribution in [2.75, 3.05) is 26.2 Å². The molecule has 4 nitrogen and oxygen atoms in total. The molecule has 0 saturated carbocycles. The standard InChI is InChI=1S/C16H32N2O2/c1-13(16(2,3)4)12-15(19)18-8-5-11-20-14-6-9-17-10-7-14/h13-14,17H,5-12H2,1-4H3,(H,18,19). The molecule has 0 aromatic heterocycles. The Morgan fingerprint density at radius 2 is 2.00 bits per heavy atom. The van der Waals surface area contributed by atoms with Gasteiger partial charge in [-0.3, -0.25) is 4.79 Å². The van der Waals surface area contributed by atoms with Crippen LogP contribution in [0.3, 0.4) is 0 Å². The molecule has 0 aromatic rings. The van der Waals surface area contributed by atoms with E-state index >= 15 is 0 Å². The van der Waals surface area contributed by atoms with Gasteiger partial charge in [0.1, 0.15) is 0 Å². The van der Waals surface area contributed by atoms with E-state index < -0.39 is 0 Å². The summed E-state index contributed by atoms with van der Waals surface area (Å²) in [7, 11) is 0. The summed E-state index contributed by atoms with van der Waals surface area (Å²) < 4.78 is 5.81. The Bertz CT molecular complexity index is 281. The molecular formula is C16H32N2O2. The summed E-state index contributed by atoms with van der Waals surface area (Å²) in [5.74, 6) is 0.558. The number of piperidine rings is 1. The van der Waals surface area contributed by atoms with E-state index in [1.54, 1.807) is 0 Å². The molecule has 1 aliphatic rings. The predicted octanol–water partition coefficient (Wildman–Crippen LogP) is 2.33. The number of rotatable bonds is 7. The van der Waals surface area contributed by atoms with Crippen molar-refractivity contribution in [1.29, 1.82) is 0 Å². The van der Waals surface area contributed by atoms with Crippen molar-refractivity contribution in [3.05, 3.63) is 0 Å². The molecular weight excluding hydrogens is 252 g/mol. The molecule has 0 aromatic carbocycles. The van der Waals surface area contributed by atoms with Crippen LogP contribution >= 0.6 is 0 Å². The first-order valence-electron chi connectivity index (χ1n) is 7.98. The first kappa shape index (κ1) is 17.4. The van der Waals surface area contributed by atoms with E-state index in [1.807, 2.05) is 0 Å². The fourth-order valence-corrected chi connectivity index (χ4v) is 2.17. The van der Waals surface area contributed by atoms with Crippen molar-refractivity contribution in [2.24, 2.45) is 11.3 Å². The van der Waals surface area contributed by atoms with E-state index in [-0.39, 0.29) is 11.3 Å². The molecule has 1 atom stereocenters. The van der Waals surface area contributed by atoms with Crippen molar-refractivity contribution in [3.63, 3.8) is 0 Å². The third kappa shape index (κ3) is 7.25. The van der Waals surface area contributed by atoms with Crippen LogP contribution in [0.4, 0.5) is 0 Å². The first-order valence-corrected chi connectivity index (χ1v) is 7.98. The summed E-state index contributed by atoms with van der Waals surface area (Å²) >= 11 is 0. The topological polar surface area (TPSA) is 50.4 Å². The number of carbonyl (C=O) groups excluding carboxylic acids is 1. The van der Waals surface area contributed by atoms with E-state index in [1.165, 1.54) is 0 Å². The van der Waals surface area contributed by atoms with E-state index in [0.29, 0.717) is 18.4 Å². The zero-order valence-electron chi connectivity index (χ0n) is 13.6. The van der Waals surface area contributed by atoms with E-state index in [9.17, 15) is 4.79 Å². The maximum atomic E-state index is 11.8. The number of amides is 1. The molecule has 2 N–H and O–H groups in total. The van der Waals surface area contributed by atoms with Crippen LogP contribution in [-0.4, -0.2) is 38.3 Å². The number of hydrogen-bond donors (Lipinski definition) is 2. The van der Waals surface area contributed by atoms with Gasteiger partial charge in [0.2, 0.25) is 5.91 Å². The zero-order chi connectivity index (χ0) is 15.0. The molecule has 1 amide bonds. The maximum Gasteiger partial charge on any atom is 0.220 e. The molecule has 1 rings (SSSR count).